The first-order valence-electron chi connectivity index (χ1n) is 8.39. The van der Waals surface area contributed by atoms with Crippen LogP contribution in [0.1, 0.15) is 21.5 Å². The Morgan fingerprint density at radius 1 is 0.923 bits per heavy atom. The molecular weight excluding hydrogens is 332 g/mol. The standard InChI is InChI=1S/C20H24N2O4/c1-14-8-9-16(12-15(14)2)20(24)22-11-10-21-19(23)13-26-18-7-5-4-6-17(18)25-3/h4-9,12H,10-11,13H2,1-3H3,(H,21,23)(H,22,24). The molecule has 0 spiro atoms. The molecule has 0 aromatic heterocycles. The van der Waals surface area contributed by atoms with E-state index in [0.717, 1.165) is 11.1 Å². The van der Waals surface area contributed by atoms with Crippen LogP contribution in [-0.4, -0.2) is 38.6 Å². The maximum absolute atomic E-state index is 12.1. The lowest BCUT2D eigenvalue weighted by Crippen LogP contribution is -2.36. The van der Waals surface area contributed by atoms with Gasteiger partial charge in [0.15, 0.2) is 18.1 Å². The van der Waals surface area contributed by atoms with Crippen LogP contribution in [0.5, 0.6) is 11.5 Å². The van der Waals surface area contributed by atoms with Crippen LogP contribution < -0.4 is 20.1 Å². The number of ether oxygens (including phenoxy) is 2. The fraction of sp³-hybridized carbons (Fsp3) is 0.300. The summed E-state index contributed by atoms with van der Waals surface area (Å²) in [6.07, 6.45) is 0. The predicted molar refractivity (Wildman–Crippen MR) is 99.7 cm³/mol. The van der Waals surface area contributed by atoms with Crippen molar-refractivity contribution in [1.82, 2.24) is 10.6 Å². The normalized spacial score (nSPS) is 10.1. The Bertz CT molecular complexity index is 774. The number of rotatable bonds is 8. The van der Waals surface area contributed by atoms with E-state index >= 15 is 0 Å². The van der Waals surface area contributed by atoms with Crippen molar-refractivity contribution in [2.24, 2.45) is 0 Å². The molecule has 0 aliphatic carbocycles. The lowest BCUT2D eigenvalue weighted by molar-refractivity contribution is -0.123. The molecule has 2 N–H and O–H groups in total. The van der Waals surface area contributed by atoms with Crippen molar-refractivity contribution in [3.8, 4) is 11.5 Å². The molecule has 0 bridgehead atoms. The molecule has 0 aliphatic rings. The van der Waals surface area contributed by atoms with Gasteiger partial charge in [0.1, 0.15) is 0 Å². The fourth-order valence-corrected chi connectivity index (χ4v) is 2.30. The molecule has 6 heteroatoms. The smallest absolute Gasteiger partial charge is 0.258 e. The van der Waals surface area contributed by atoms with Gasteiger partial charge in [-0.2, -0.15) is 0 Å². The summed E-state index contributed by atoms with van der Waals surface area (Å²) in [7, 11) is 1.54. The van der Waals surface area contributed by atoms with E-state index in [0.29, 0.717) is 30.2 Å². The number of carbonyl (C=O) groups excluding carboxylic acids is 2. The van der Waals surface area contributed by atoms with Crippen LogP contribution in [0.4, 0.5) is 0 Å². The van der Waals surface area contributed by atoms with E-state index in [1.54, 1.807) is 31.4 Å². The summed E-state index contributed by atoms with van der Waals surface area (Å²) in [6.45, 7) is 4.51. The minimum Gasteiger partial charge on any atom is -0.493 e. The van der Waals surface area contributed by atoms with E-state index < -0.39 is 0 Å². The summed E-state index contributed by atoms with van der Waals surface area (Å²) < 4.78 is 10.6. The zero-order chi connectivity index (χ0) is 18.9. The number of carbonyl (C=O) groups is 2. The molecule has 0 saturated heterocycles. The molecule has 0 aliphatic heterocycles. The molecule has 0 atom stereocenters. The Morgan fingerprint density at radius 2 is 1.62 bits per heavy atom. The Hall–Kier alpha value is -3.02. The quantitative estimate of drug-likeness (QED) is 0.711. The SMILES string of the molecule is COc1ccccc1OCC(=O)NCCNC(=O)c1ccc(C)c(C)c1. The first-order valence-corrected chi connectivity index (χ1v) is 8.39. The number of hydrogen-bond acceptors (Lipinski definition) is 4. The van der Waals surface area contributed by atoms with Crippen molar-refractivity contribution in [2.45, 2.75) is 13.8 Å². The lowest BCUT2D eigenvalue weighted by Gasteiger charge is -2.11. The summed E-state index contributed by atoms with van der Waals surface area (Å²) in [5.74, 6) is 0.651. The molecule has 2 aromatic rings. The molecule has 2 amide bonds. The third-order valence-electron chi connectivity index (χ3n) is 3.93. The van der Waals surface area contributed by atoms with Crippen LogP contribution in [-0.2, 0) is 4.79 Å². The van der Waals surface area contributed by atoms with Crippen molar-refractivity contribution in [1.29, 1.82) is 0 Å². The van der Waals surface area contributed by atoms with Gasteiger partial charge < -0.3 is 20.1 Å². The van der Waals surface area contributed by atoms with Gasteiger partial charge >= 0.3 is 0 Å². The first-order chi connectivity index (χ1) is 12.5. The summed E-state index contributed by atoms with van der Waals surface area (Å²) in [5, 5.41) is 5.48. The van der Waals surface area contributed by atoms with Crippen LogP contribution in [0, 0.1) is 13.8 Å². The van der Waals surface area contributed by atoms with Gasteiger partial charge in [-0.15, -0.1) is 0 Å². The number of aryl methyl sites for hydroxylation is 2. The highest BCUT2D eigenvalue weighted by Crippen LogP contribution is 2.25. The monoisotopic (exact) mass is 356 g/mol. The van der Waals surface area contributed by atoms with E-state index in [9.17, 15) is 9.59 Å². The minimum absolute atomic E-state index is 0.120. The van der Waals surface area contributed by atoms with Gasteiger partial charge in [-0.3, -0.25) is 9.59 Å². The van der Waals surface area contributed by atoms with Crippen LogP contribution in [0.25, 0.3) is 0 Å². The molecule has 138 valence electrons. The zero-order valence-electron chi connectivity index (χ0n) is 15.3. The van der Waals surface area contributed by atoms with Gasteiger partial charge in [0.25, 0.3) is 11.8 Å². The van der Waals surface area contributed by atoms with E-state index in [-0.39, 0.29) is 18.4 Å². The van der Waals surface area contributed by atoms with Gasteiger partial charge in [-0.05, 0) is 49.2 Å². The summed E-state index contributed by atoms with van der Waals surface area (Å²) >= 11 is 0. The number of benzene rings is 2. The number of nitrogens with one attached hydrogen (secondary N) is 2. The van der Waals surface area contributed by atoms with Crippen LogP contribution in [0.3, 0.4) is 0 Å². The van der Waals surface area contributed by atoms with Crippen molar-refractivity contribution in [2.75, 3.05) is 26.8 Å². The van der Waals surface area contributed by atoms with Gasteiger partial charge in [0.2, 0.25) is 0 Å². The second-order valence-electron chi connectivity index (χ2n) is 5.84. The molecular formula is C20H24N2O4. The molecule has 2 rings (SSSR count). The zero-order valence-corrected chi connectivity index (χ0v) is 15.3. The second-order valence-corrected chi connectivity index (χ2v) is 5.84. The number of methoxy groups -OCH3 is 1. The van der Waals surface area contributed by atoms with Crippen molar-refractivity contribution in [3.05, 3.63) is 59.2 Å². The summed E-state index contributed by atoms with van der Waals surface area (Å²) in [5.41, 5.74) is 2.82. The summed E-state index contributed by atoms with van der Waals surface area (Å²) in [4.78, 5) is 23.9. The fourth-order valence-electron chi connectivity index (χ4n) is 2.30. The average molecular weight is 356 g/mol. The van der Waals surface area contributed by atoms with Gasteiger partial charge in [-0.25, -0.2) is 0 Å². The van der Waals surface area contributed by atoms with Crippen LogP contribution in [0.15, 0.2) is 42.5 Å². The lowest BCUT2D eigenvalue weighted by atomic mass is 10.1. The Morgan fingerprint density at radius 3 is 2.31 bits per heavy atom. The van der Waals surface area contributed by atoms with Crippen molar-refractivity contribution < 1.29 is 19.1 Å². The number of hydrogen-bond donors (Lipinski definition) is 2. The maximum Gasteiger partial charge on any atom is 0.258 e. The molecule has 6 nitrogen and oxygen atoms in total. The largest absolute Gasteiger partial charge is 0.493 e. The average Bonchev–Trinajstić information content (AvgIpc) is 2.65. The Balaban J connectivity index is 1.69. The molecule has 0 saturated carbocycles. The molecule has 2 aromatic carbocycles. The molecule has 0 radical (unpaired) electrons. The molecule has 0 fully saturated rings. The topological polar surface area (TPSA) is 76.7 Å². The van der Waals surface area contributed by atoms with Crippen LogP contribution in [0.2, 0.25) is 0 Å². The van der Waals surface area contributed by atoms with Crippen molar-refractivity contribution >= 4 is 11.8 Å². The predicted octanol–water partition coefficient (Wildman–Crippen LogP) is 2.24. The van der Waals surface area contributed by atoms with Gasteiger partial charge in [0, 0.05) is 18.7 Å². The highest BCUT2D eigenvalue weighted by molar-refractivity contribution is 5.94. The third-order valence-corrected chi connectivity index (χ3v) is 3.93. The first kappa shape index (κ1) is 19.3. The second kappa shape index (κ2) is 9.46. The highest BCUT2D eigenvalue weighted by atomic mass is 16.5. The Labute approximate surface area is 153 Å². The Kier molecular flexibility index (Phi) is 7.02. The van der Waals surface area contributed by atoms with E-state index in [4.69, 9.17) is 9.47 Å². The molecule has 26 heavy (non-hydrogen) atoms. The van der Waals surface area contributed by atoms with E-state index in [1.165, 1.54) is 0 Å². The molecule has 0 heterocycles. The van der Waals surface area contributed by atoms with Crippen molar-refractivity contribution in [3.63, 3.8) is 0 Å². The van der Waals surface area contributed by atoms with Gasteiger partial charge in [0.05, 0.1) is 7.11 Å². The van der Waals surface area contributed by atoms with E-state index in [2.05, 4.69) is 10.6 Å². The number of amides is 2. The third kappa shape index (κ3) is 5.51. The number of para-hydroxylation sites is 2. The maximum atomic E-state index is 12.1. The van der Waals surface area contributed by atoms with E-state index in [1.807, 2.05) is 32.0 Å². The van der Waals surface area contributed by atoms with Crippen LogP contribution >= 0.6 is 0 Å². The summed E-state index contributed by atoms with van der Waals surface area (Å²) in [6, 6.07) is 12.7. The van der Waals surface area contributed by atoms with Gasteiger partial charge in [-0.1, -0.05) is 18.2 Å². The minimum atomic E-state index is -0.267. The molecule has 0 unspecified atom stereocenters. The highest BCUT2D eigenvalue weighted by Gasteiger charge is 2.08.